The summed E-state index contributed by atoms with van der Waals surface area (Å²) in [5.41, 5.74) is 0.947. The molecule has 0 aliphatic carbocycles. The van der Waals surface area contributed by atoms with Crippen molar-refractivity contribution in [3.05, 3.63) is 42.0 Å². The van der Waals surface area contributed by atoms with E-state index in [0.717, 1.165) is 5.56 Å². The summed E-state index contributed by atoms with van der Waals surface area (Å²) < 4.78 is 5.08. The molecule has 1 heterocycles. The zero-order valence-corrected chi connectivity index (χ0v) is 9.78. The molecule has 1 saturated heterocycles. The number of hydrogen-bond donors (Lipinski definition) is 1. The third-order valence-corrected chi connectivity index (χ3v) is 2.92. The average molecular weight is 246 g/mol. The van der Waals surface area contributed by atoms with E-state index in [0.29, 0.717) is 6.42 Å². The molecule has 0 aromatic heterocycles. The first-order valence-electron chi connectivity index (χ1n) is 5.82. The highest BCUT2D eigenvalue weighted by atomic mass is 16.5. The Hall–Kier alpha value is -2.10. The highest BCUT2D eigenvalue weighted by molar-refractivity contribution is 5.77. The van der Waals surface area contributed by atoms with Crippen LogP contribution in [-0.4, -0.2) is 23.1 Å². The van der Waals surface area contributed by atoms with E-state index < -0.39 is 18.0 Å². The highest BCUT2D eigenvalue weighted by Gasteiger charge is 2.34. The number of carbonyl (C=O) groups is 2. The molecular weight excluding hydrogens is 232 g/mol. The molecule has 1 N–H and O–H groups in total. The third kappa shape index (κ3) is 2.97. The molecule has 1 fully saturated rings. The average Bonchev–Trinajstić information content (AvgIpc) is 2.37. The number of esters is 1. The number of carbonyl (C=O) groups excluding carboxylic acids is 1. The van der Waals surface area contributed by atoms with E-state index in [2.05, 4.69) is 0 Å². The first kappa shape index (κ1) is 12.4. The fraction of sp³-hybridized carbons (Fsp3) is 0.286. The van der Waals surface area contributed by atoms with Crippen LogP contribution in [0.25, 0.3) is 6.08 Å². The first-order chi connectivity index (χ1) is 8.66. The van der Waals surface area contributed by atoms with Crippen LogP contribution in [0.5, 0.6) is 0 Å². The Morgan fingerprint density at radius 3 is 2.72 bits per heavy atom. The van der Waals surface area contributed by atoms with Crippen LogP contribution in [0.2, 0.25) is 0 Å². The van der Waals surface area contributed by atoms with Crippen molar-refractivity contribution in [3.63, 3.8) is 0 Å². The largest absolute Gasteiger partial charge is 0.481 e. The molecule has 0 radical (unpaired) electrons. The van der Waals surface area contributed by atoms with Crippen molar-refractivity contribution < 1.29 is 19.4 Å². The lowest BCUT2D eigenvalue weighted by molar-refractivity contribution is -0.162. The van der Waals surface area contributed by atoms with E-state index in [1.165, 1.54) is 0 Å². The second-order valence-corrected chi connectivity index (χ2v) is 4.21. The lowest BCUT2D eigenvalue weighted by Gasteiger charge is -2.25. The lowest BCUT2D eigenvalue weighted by Crippen LogP contribution is -2.35. The standard InChI is InChI=1S/C14H14O4/c15-13-9-7-11(14(16)17)12(18-13)8-6-10-4-2-1-3-5-10/h1-6,8,11-12H,7,9H2,(H,16,17)/t11-,12+/m1/s1. The Morgan fingerprint density at radius 1 is 1.33 bits per heavy atom. The molecule has 1 aromatic carbocycles. The fourth-order valence-corrected chi connectivity index (χ4v) is 1.94. The van der Waals surface area contributed by atoms with Crippen LogP contribution in [0.1, 0.15) is 18.4 Å². The molecule has 1 aliphatic heterocycles. The lowest BCUT2D eigenvalue weighted by atomic mass is 9.93. The maximum Gasteiger partial charge on any atom is 0.310 e. The number of benzene rings is 1. The van der Waals surface area contributed by atoms with Crippen LogP contribution in [0, 0.1) is 5.92 Å². The van der Waals surface area contributed by atoms with E-state index in [9.17, 15) is 9.59 Å². The van der Waals surface area contributed by atoms with Crippen molar-refractivity contribution in [1.82, 2.24) is 0 Å². The van der Waals surface area contributed by atoms with Gasteiger partial charge in [-0.15, -0.1) is 0 Å². The van der Waals surface area contributed by atoms with Gasteiger partial charge in [-0.05, 0) is 18.1 Å². The summed E-state index contributed by atoms with van der Waals surface area (Å²) in [5, 5.41) is 9.07. The Kier molecular flexibility index (Phi) is 3.77. The first-order valence-corrected chi connectivity index (χ1v) is 5.82. The Bertz CT molecular complexity index is 464. The van der Waals surface area contributed by atoms with Gasteiger partial charge in [0.15, 0.2) is 0 Å². The van der Waals surface area contributed by atoms with Crippen molar-refractivity contribution in [2.24, 2.45) is 5.92 Å². The van der Waals surface area contributed by atoms with Gasteiger partial charge in [0.2, 0.25) is 0 Å². The molecule has 2 atom stereocenters. The van der Waals surface area contributed by atoms with Gasteiger partial charge in [-0.3, -0.25) is 9.59 Å². The molecular formula is C14H14O4. The van der Waals surface area contributed by atoms with Crippen LogP contribution < -0.4 is 0 Å². The molecule has 0 unspecified atom stereocenters. The zero-order chi connectivity index (χ0) is 13.0. The van der Waals surface area contributed by atoms with Gasteiger partial charge >= 0.3 is 11.9 Å². The number of carboxylic acid groups (broad SMARTS) is 1. The molecule has 94 valence electrons. The molecule has 1 aliphatic rings. The smallest absolute Gasteiger partial charge is 0.310 e. The molecule has 0 spiro atoms. The predicted molar refractivity (Wildman–Crippen MR) is 65.7 cm³/mol. The minimum atomic E-state index is -0.926. The number of ether oxygens (including phenoxy) is 1. The van der Waals surface area contributed by atoms with E-state index >= 15 is 0 Å². The summed E-state index contributed by atoms with van der Waals surface area (Å²) in [6.07, 6.45) is 3.25. The van der Waals surface area contributed by atoms with Crippen LogP contribution >= 0.6 is 0 Å². The van der Waals surface area contributed by atoms with Gasteiger partial charge in [0, 0.05) is 6.42 Å². The maximum absolute atomic E-state index is 11.2. The van der Waals surface area contributed by atoms with Crippen LogP contribution in [0.15, 0.2) is 36.4 Å². The van der Waals surface area contributed by atoms with Crippen molar-refractivity contribution in [1.29, 1.82) is 0 Å². The summed E-state index contributed by atoms with van der Waals surface area (Å²) in [6, 6.07) is 9.48. The summed E-state index contributed by atoms with van der Waals surface area (Å²) in [6.45, 7) is 0. The molecule has 18 heavy (non-hydrogen) atoms. The molecule has 0 bridgehead atoms. The van der Waals surface area contributed by atoms with Crippen molar-refractivity contribution >= 4 is 18.0 Å². The number of aliphatic carboxylic acids is 1. The van der Waals surface area contributed by atoms with E-state index in [1.54, 1.807) is 12.2 Å². The van der Waals surface area contributed by atoms with Crippen molar-refractivity contribution in [2.75, 3.05) is 0 Å². The second-order valence-electron chi connectivity index (χ2n) is 4.21. The maximum atomic E-state index is 11.2. The highest BCUT2D eigenvalue weighted by Crippen LogP contribution is 2.23. The second kappa shape index (κ2) is 5.49. The number of hydrogen-bond acceptors (Lipinski definition) is 3. The number of carboxylic acids is 1. The van der Waals surface area contributed by atoms with Gasteiger partial charge in [-0.25, -0.2) is 0 Å². The minimum absolute atomic E-state index is 0.173. The normalized spacial score (nSPS) is 23.9. The summed E-state index contributed by atoms with van der Waals surface area (Å²) in [4.78, 5) is 22.3. The fourth-order valence-electron chi connectivity index (χ4n) is 1.94. The zero-order valence-electron chi connectivity index (χ0n) is 9.78. The van der Waals surface area contributed by atoms with Gasteiger partial charge in [0.25, 0.3) is 0 Å². The van der Waals surface area contributed by atoms with Gasteiger partial charge in [0.1, 0.15) is 6.10 Å². The van der Waals surface area contributed by atoms with Crippen molar-refractivity contribution in [2.45, 2.75) is 18.9 Å². The van der Waals surface area contributed by atoms with E-state index in [4.69, 9.17) is 9.84 Å². The quantitative estimate of drug-likeness (QED) is 0.829. The van der Waals surface area contributed by atoms with E-state index in [-0.39, 0.29) is 12.4 Å². The number of cyclic esters (lactones) is 1. The van der Waals surface area contributed by atoms with Crippen LogP contribution in [0.4, 0.5) is 0 Å². The van der Waals surface area contributed by atoms with Crippen molar-refractivity contribution in [3.8, 4) is 0 Å². The Morgan fingerprint density at radius 2 is 2.06 bits per heavy atom. The van der Waals surface area contributed by atoms with Crippen LogP contribution in [0.3, 0.4) is 0 Å². The van der Waals surface area contributed by atoms with E-state index in [1.807, 2.05) is 30.3 Å². The topological polar surface area (TPSA) is 63.6 Å². The minimum Gasteiger partial charge on any atom is -0.481 e. The third-order valence-electron chi connectivity index (χ3n) is 2.92. The molecule has 0 saturated carbocycles. The van der Waals surface area contributed by atoms with Gasteiger partial charge < -0.3 is 9.84 Å². The molecule has 1 aromatic rings. The molecule has 4 heteroatoms. The summed E-state index contributed by atoms with van der Waals surface area (Å²) in [5.74, 6) is -1.91. The SMILES string of the molecule is O=C1CC[C@@H](C(=O)O)[C@H](C=Cc2ccccc2)O1. The predicted octanol–water partition coefficient (Wildman–Crippen LogP) is 2.11. The van der Waals surface area contributed by atoms with Gasteiger partial charge in [0.05, 0.1) is 5.92 Å². The Labute approximate surface area is 105 Å². The summed E-state index contributed by atoms with van der Waals surface area (Å²) >= 11 is 0. The molecule has 2 rings (SSSR count). The van der Waals surface area contributed by atoms with Crippen LogP contribution in [-0.2, 0) is 14.3 Å². The molecule has 0 amide bonds. The monoisotopic (exact) mass is 246 g/mol. The summed E-state index contributed by atoms with van der Waals surface area (Å²) in [7, 11) is 0. The van der Waals surface area contributed by atoms with Gasteiger partial charge in [-0.1, -0.05) is 36.4 Å². The Balaban J connectivity index is 2.11. The molecule has 4 nitrogen and oxygen atoms in total. The number of rotatable bonds is 3. The van der Waals surface area contributed by atoms with Gasteiger partial charge in [-0.2, -0.15) is 0 Å².